The Kier molecular flexibility index (Phi) is 2.01. The zero-order valence-electron chi connectivity index (χ0n) is 8.04. The molecule has 0 aliphatic heterocycles. The van der Waals surface area contributed by atoms with Crippen molar-refractivity contribution in [1.29, 1.82) is 0 Å². The zero-order chi connectivity index (χ0) is 10.3. The van der Waals surface area contributed by atoms with Gasteiger partial charge in [-0.15, -0.1) is 0 Å². The van der Waals surface area contributed by atoms with E-state index in [1.54, 1.807) is 18.2 Å². The lowest BCUT2D eigenvalue weighted by molar-refractivity contribution is 0.394. The molecule has 2 N–H and O–H groups in total. The Morgan fingerprint density at radius 2 is 2.14 bits per heavy atom. The highest BCUT2D eigenvalue weighted by Gasteiger charge is 2.21. The number of fused-ring (bicyclic) bond motifs is 1. The Balaban J connectivity index is 2.63. The lowest BCUT2D eigenvalue weighted by atomic mass is 10.1. The number of hydrogen-bond donors (Lipinski definition) is 1. The molecule has 1 aromatic heterocycles. The molecule has 0 aliphatic carbocycles. The second kappa shape index (κ2) is 2.97. The van der Waals surface area contributed by atoms with Crippen molar-refractivity contribution < 1.29 is 4.42 Å². The lowest BCUT2D eigenvalue weighted by Gasteiger charge is -2.11. The molecule has 0 aliphatic rings. The third-order valence-electron chi connectivity index (χ3n) is 1.90. The third kappa shape index (κ3) is 1.61. The van der Waals surface area contributed by atoms with E-state index in [9.17, 15) is 0 Å². The van der Waals surface area contributed by atoms with E-state index in [-0.39, 0.29) is 0 Å². The Labute approximate surface area is 86.9 Å². The normalized spacial score (nSPS) is 12.3. The first-order chi connectivity index (χ1) is 6.47. The maximum Gasteiger partial charge on any atom is 0.215 e. The fourth-order valence-corrected chi connectivity index (χ4v) is 1.34. The average Bonchev–Trinajstić information content (AvgIpc) is 2.45. The number of nitrogens with zero attached hydrogens (tertiary/aromatic N) is 1. The fourth-order valence-electron chi connectivity index (χ4n) is 1.18. The quantitative estimate of drug-likeness (QED) is 0.788. The minimum absolute atomic E-state index is 0.523. The van der Waals surface area contributed by atoms with Gasteiger partial charge in [0.25, 0.3) is 0 Å². The summed E-state index contributed by atoms with van der Waals surface area (Å²) in [5.74, 6) is 0.523. The van der Waals surface area contributed by atoms with Crippen LogP contribution in [0.25, 0.3) is 11.1 Å². The number of oxazole rings is 1. The molecular weight excluding hydrogens is 200 g/mol. The van der Waals surface area contributed by atoms with Gasteiger partial charge in [0.1, 0.15) is 5.52 Å². The minimum atomic E-state index is -0.564. The molecule has 74 valence electrons. The highest BCUT2D eigenvalue weighted by atomic mass is 35.5. The molecule has 2 aromatic rings. The van der Waals surface area contributed by atoms with Crippen LogP contribution >= 0.6 is 11.6 Å². The van der Waals surface area contributed by atoms with Crippen LogP contribution in [0.1, 0.15) is 19.7 Å². The SMILES string of the molecule is CC(C)(N)c1nc2cc(Cl)ccc2o1. The minimum Gasteiger partial charge on any atom is -0.439 e. The molecule has 0 unspecified atom stereocenters. The molecule has 0 atom stereocenters. The molecule has 2 rings (SSSR count). The van der Waals surface area contributed by atoms with Crippen LogP contribution in [0.5, 0.6) is 0 Å². The van der Waals surface area contributed by atoms with Crippen LogP contribution < -0.4 is 5.73 Å². The standard InChI is InChI=1S/C10H11ClN2O/c1-10(2,12)9-13-7-5-6(11)3-4-8(7)14-9/h3-5H,12H2,1-2H3. The Hall–Kier alpha value is -1.06. The summed E-state index contributed by atoms with van der Waals surface area (Å²) in [5, 5.41) is 0.646. The number of halogens is 1. The molecule has 0 amide bonds. The van der Waals surface area contributed by atoms with Crippen LogP contribution in [0, 0.1) is 0 Å². The summed E-state index contributed by atoms with van der Waals surface area (Å²) in [4.78, 5) is 4.27. The predicted molar refractivity (Wildman–Crippen MR) is 56.2 cm³/mol. The van der Waals surface area contributed by atoms with Gasteiger partial charge in [-0.1, -0.05) is 11.6 Å². The molecule has 0 fully saturated rings. The second-order valence-corrected chi connectivity index (χ2v) is 4.29. The first-order valence-electron chi connectivity index (χ1n) is 4.32. The van der Waals surface area contributed by atoms with E-state index in [0.29, 0.717) is 16.5 Å². The van der Waals surface area contributed by atoms with Crippen molar-refractivity contribution in [2.24, 2.45) is 5.73 Å². The average molecular weight is 211 g/mol. The molecular formula is C10H11ClN2O. The van der Waals surface area contributed by atoms with Crippen molar-refractivity contribution in [1.82, 2.24) is 4.98 Å². The summed E-state index contributed by atoms with van der Waals surface area (Å²) in [6.45, 7) is 3.69. The second-order valence-electron chi connectivity index (χ2n) is 3.85. The van der Waals surface area contributed by atoms with Gasteiger partial charge >= 0.3 is 0 Å². The first kappa shape index (κ1) is 9.49. The summed E-state index contributed by atoms with van der Waals surface area (Å²) < 4.78 is 5.49. The van der Waals surface area contributed by atoms with Crippen molar-refractivity contribution in [3.8, 4) is 0 Å². The summed E-state index contributed by atoms with van der Waals surface area (Å²) in [5.41, 5.74) is 6.76. The third-order valence-corrected chi connectivity index (χ3v) is 2.14. The molecule has 0 saturated heterocycles. The van der Waals surface area contributed by atoms with E-state index < -0.39 is 5.54 Å². The molecule has 0 spiro atoms. The van der Waals surface area contributed by atoms with E-state index in [4.69, 9.17) is 21.8 Å². The number of hydrogen-bond acceptors (Lipinski definition) is 3. The van der Waals surface area contributed by atoms with Gasteiger partial charge in [-0.3, -0.25) is 0 Å². The van der Waals surface area contributed by atoms with Crippen molar-refractivity contribution in [3.63, 3.8) is 0 Å². The largest absolute Gasteiger partial charge is 0.439 e. The van der Waals surface area contributed by atoms with Gasteiger partial charge in [-0.2, -0.15) is 0 Å². The number of aromatic nitrogens is 1. The van der Waals surface area contributed by atoms with Crippen molar-refractivity contribution in [2.75, 3.05) is 0 Å². The highest BCUT2D eigenvalue weighted by molar-refractivity contribution is 6.31. The Morgan fingerprint density at radius 3 is 2.79 bits per heavy atom. The van der Waals surface area contributed by atoms with Gasteiger partial charge in [0, 0.05) is 5.02 Å². The number of rotatable bonds is 1. The van der Waals surface area contributed by atoms with Crippen LogP contribution in [0.3, 0.4) is 0 Å². The smallest absolute Gasteiger partial charge is 0.215 e. The molecule has 14 heavy (non-hydrogen) atoms. The molecule has 0 radical (unpaired) electrons. The van der Waals surface area contributed by atoms with E-state index in [0.717, 1.165) is 5.52 Å². The summed E-state index contributed by atoms with van der Waals surface area (Å²) in [6.07, 6.45) is 0. The summed E-state index contributed by atoms with van der Waals surface area (Å²) in [6, 6.07) is 5.32. The van der Waals surface area contributed by atoms with Crippen LogP contribution in [0.15, 0.2) is 22.6 Å². The Morgan fingerprint density at radius 1 is 1.43 bits per heavy atom. The van der Waals surface area contributed by atoms with E-state index in [2.05, 4.69) is 4.98 Å². The zero-order valence-corrected chi connectivity index (χ0v) is 8.80. The van der Waals surface area contributed by atoms with Crippen molar-refractivity contribution in [2.45, 2.75) is 19.4 Å². The van der Waals surface area contributed by atoms with E-state index >= 15 is 0 Å². The molecule has 0 bridgehead atoms. The van der Waals surface area contributed by atoms with Gasteiger partial charge in [0.15, 0.2) is 5.58 Å². The molecule has 4 heteroatoms. The van der Waals surface area contributed by atoms with Crippen molar-refractivity contribution in [3.05, 3.63) is 29.1 Å². The van der Waals surface area contributed by atoms with Gasteiger partial charge in [0.2, 0.25) is 5.89 Å². The topological polar surface area (TPSA) is 52.0 Å². The van der Waals surface area contributed by atoms with Crippen LogP contribution in [0.2, 0.25) is 5.02 Å². The number of benzene rings is 1. The van der Waals surface area contributed by atoms with Crippen molar-refractivity contribution >= 4 is 22.7 Å². The van der Waals surface area contributed by atoms with Crippen LogP contribution in [-0.4, -0.2) is 4.98 Å². The van der Waals surface area contributed by atoms with Crippen LogP contribution in [0.4, 0.5) is 0 Å². The summed E-state index contributed by atoms with van der Waals surface area (Å²) in [7, 11) is 0. The van der Waals surface area contributed by atoms with Crippen LogP contribution in [-0.2, 0) is 5.54 Å². The molecule has 0 saturated carbocycles. The lowest BCUT2D eigenvalue weighted by Crippen LogP contribution is -2.28. The monoisotopic (exact) mass is 210 g/mol. The fraction of sp³-hybridized carbons (Fsp3) is 0.300. The summed E-state index contributed by atoms with van der Waals surface area (Å²) >= 11 is 5.83. The Bertz CT molecular complexity index is 470. The molecule has 1 heterocycles. The van der Waals surface area contributed by atoms with Gasteiger partial charge in [0.05, 0.1) is 5.54 Å². The van der Waals surface area contributed by atoms with Gasteiger partial charge in [-0.25, -0.2) is 4.98 Å². The van der Waals surface area contributed by atoms with E-state index in [1.165, 1.54) is 0 Å². The maximum absolute atomic E-state index is 5.87. The maximum atomic E-state index is 5.87. The van der Waals surface area contributed by atoms with Gasteiger partial charge < -0.3 is 10.2 Å². The van der Waals surface area contributed by atoms with E-state index in [1.807, 2.05) is 13.8 Å². The highest BCUT2D eigenvalue weighted by Crippen LogP contribution is 2.24. The molecule has 3 nitrogen and oxygen atoms in total. The van der Waals surface area contributed by atoms with Gasteiger partial charge in [-0.05, 0) is 32.0 Å². The number of nitrogens with two attached hydrogens (primary N) is 1. The molecule has 1 aromatic carbocycles. The first-order valence-corrected chi connectivity index (χ1v) is 4.70. The predicted octanol–water partition coefficient (Wildman–Crippen LogP) is 2.68.